The van der Waals surface area contributed by atoms with Crippen molar-refractivity contribution in [3.63, 3.8) is 0 Å². The quantitative estimate of drug-likeness (QED) is 0.776. The average molecular weight is 370 g/mol. The smallest absolute Gasteiger partial charge is 0.242 e. The normalized spacial score (nSPS) is 13.5. The number of nitrogens with two attached hydrogens (primary N) is 1. The second-order valence-corrected chi connectivity index (χ2v) is 7.28. The number of unbranched alkanes of at least 4 members (excludes halogenated alkanes) is 1. The summed E-state index contributed by atoms with van der Waals surface area (Å²) in [5.74, 6) is 0. The zero-order chi connectivity index (χ0) is 14.5. The van der Waals surface area contributed by atoms with Crippen LogP contribution >= 0.6 is 27.5 Å². The molecule has 0 aliphatic heterocycles. The van der Waals surface area contributed by atoms with Gasteiger partial charge in [-0.25, -0.2) is 13.1 Å². The van der Waals surface area contributed by atoms with Crippen molar-refractivity contribution in [2.24, 2.45) is 5.73 Å². The van der Waals surface area contributed by atoms with Gasteiger partial charge in [0, 0.05) is 17.1 Å². The maximum Gasteiger partial charge on any atom is 0.242 e. The first-order valence-electron chi connectivity index (χ1n) is 6.08. The fraction of sp³-hybridized carbons (Fsp3) is 0.500. The average Bonchev–Trinajstić information content (AvgIpc) is 2.33. The fourth-order valence-electron chi connectivity index (χ4n) is 1.65. The Balaban J connectivity index is 2.90. The molecule has 1 rings (SSSR count). The predicted molar refractivity (Wildman–Crippen MR) is 81.8 cm³/mol. The van der Waals surface area contributed by atoms with Crippen LogP contribution < -0.4 is 10.5 Å². The molecular weight excluding hydrogens is 352 g/mol. The van der Waals surface area contributed by atoms with Crippen LogP contribution in [0.4, 0.5) is 0 Å². The molecule has 3 N–H and O–H groups in total. The molecule has 19 heavy (non-hydrogen) atoms. The SMILES string of the molecule is CCCCC(CN)NS(=O)(=O)c1ccc(Br)cc1Cl. The van der Waals surface area contributed by atoms with Crippen LogP contribution in [0.5, 0.6) is 0 Å². The predicted octanol–water partition coefficient (Wildman–Crippen LogP) is 2.90. The zero-order valence-electron chi connectivity index (χ0n) is 10.7. The first-order valence-corrected chi connectivity index (χ1v) is 8.73. The van der Waals surface area contributed by atoms with Crippen LogP contribution in [0.2, 0.25) is 5.02 Å². The molecule has 0 aliphatic carbocycles. The van der Waals surface area contributed by atoms with Gasteiger partial charge in [-0.2, -0.15) is 0 Å². The molecule has 0 radical (unpaired) electrons. The highest BCUT2D eigenvalue weighted by Gasteiger charge is 2.21. The minimum absolute atomic E-state index is 0.0762. The molecule has 108 valence electrons. The van der Waals surface area contributed by atoms with Gasteiger partial charge >= 0.3 is 0 Å². The van der Waals surface area contributed by atoms with E-state index in [0.29, 0.717) is 0 Å². The van der Waals surface area contributed by atoms with Crippen LogP contribution in [-0.4, -0.2) is 21.0 Å². The van der Waals surface area contributed by atoms with Gasteiger partial charge in [0.2, 0.25) is 10.0 Å². The molecule has 0 saturated heterocycles. The van der Waals surface area contributed by atoms with Gasteiger partial charge in [0.05, 0.1) is 5.02 Å². The third-order valence-electron chi connectivity index (χ3n) is 2.70. The van der Waals surface area contributed by atoms with Crippen molar-refractivity contribution < 1.29 is 8.42 Å². The van der Waals surface area contributed by atoms with Crippen molar-refractivity contribution in [2.75, 3.05) is 6.54 Å². The van der Waals surface area contributed by atoms with E-state index in [-0.39, 0.29) is 22.5 Å². The molecular formula is C12H18BrClN2O2S. The summed E-state index contributed by atoms with van der Waals surface area (Å²) in [6.45, 7) is 2.32. The maximum absolute atomic E-state index is 12.2. The molecule has 1 unspecified atom stereocenters. The van der Waals surface area contributed by atoms with Crippen LogP contribution in [0.15, 0.2) is 27.6 Å². The molecule has 7 heteroatoms. The Morgan fingerprint density at radius 2 is 2.16 bits per heavy atom. The molecule has 0 bridgehead atoms. The van der Waals surface area contributed by atoms with Gasteiger partial charge in [0.25, 0.3) is 0 Å². The van der Waals surface area contributed by atoms with Crippen LogP contribution in [-0.2, 0) is 10.0 Å². The molecule has 0 spiro atoms. The third-order valence-corrected chi connectivity index (χ3v) is 5.19. The molecule has 0 saturated carbocycles. The molecule has 1 atom stereocenters. The zero-order valence-corrected chi connectivity index (χ0v) is 13.9. The number of rotatable bonds is 7. The molecule has 4 nitrogen and oxygen atoms in total. The van der Waals surface area contributed by atoms with Gasteiger partial charge in [0.15, 0.2) is 0 Å². The number of hydrogen-bond acceptors (Lipinski definition) is 3. The molecule has 1 aromatic rings. The largest absolute Gasteiger partial charge is 0.329 e. The summed E-state index contributed by atoms with van der Waals surface area (Å²) >= 11 is 9.21. The second kappa shape index (κ2) is 7.59. The molecule has 0 amide bonds. The third kappa shape index (κ3) is 5.04. The first-order chi connectivity index (χ1) is 8.90. The lowest BCUT2D eigenvalue weighted by Gasteiger charge is -2.17. The summed E-state index contributed by atoms with van der Waals surface area (Å²) in [5.41, 5.74) is 5.59. The van der Waals surface area contributed by atoms with Gasteiger partial charge in [-0.3, -0.25) is 0 Å². The van der Waals surface area contributed by atoms with E-state index >= 15 is 0 Å². The van der Waals surface area contributed by atoms with Crippen LogP contribution in [0.25, 0.3) is 0 Å². The highest BCUT2D eigenvalue weighted by molar-refractivity contribution is 9.10. The molecule has 0 aromatic heterocycles. The van der Waals surface area contributed by atoms with Crippen molar-refractivity contribution in [1.29, 1.82) is 0 Å². The Morgan fingerprint density at radius 3 is 2.68 bits per heavy atom. The lowest BCUT2D eigenvalue weighted by atomic mass is 10.1. The van der Waals surface area contributed by atoms with Crippen LogP contribution in [0.3, 0.4) is 0 Å². The minimum Gasteiger partial charge on any atom is -0.329 e. The van der Waals surface area contributed by atoms with Crippen LogP contribution in [0, 0.1) is 0 Å². The van der Waals surface area contributed by atoms with Gasteiger partial charge in [-0.05, 0) is 24.6 Å². The standard InChI is InChI=1S/C12H18BrClN2O2S/c1-2-3-4-10(8-15)16-19(17,18)12-6-5-9(13)7-11(12)14/h5-7,10,16H,2-4,8,15H2,1H3. The van der Waals surface area contributed by atoms with Crippen molar-refractivity contribution in [2.45, 2.75) is 37.1 Å². The summed E-state index contributed by atoms with van der Waals surface area (Å²) in [7, 11) is -3.63. The van der Waals surface area contributed by atoms with E-state index in [1.807, 2.05) is 6.92 Å². The van der Waals surface area contributed by atoms with Gasteiger partial charge in [0.1, 0.15) is 4.90 Å². The fourth-order valence-corrected chi connectivity index (χ4v) is 3.97. The summed E-state index contributed by atoms with van der Waals surface area (Å²) < 4.78 is 27.8. The number of hydrogen-bond donors (Lipinski definition) is 2. The lowest BCUT2D eigenvalue weighted by Crippen LogP contribution is -2.40. The van der Waals surface area contributed by atoms with Gasteiger partial charge in [-0.1, -0.05) is 47.3 Å². The van der Waals surface area contributed by atoms with E-state index in [1.165, 1.54) is 6.07 Å². The first kappa shape index (κ1) is 16.9. The monoisotopic (exact) mass is 368 g/mol. The van der Waals surface area contributed by atoms with Gasteiger partial charge in [-0.15, -0.1) is 0 Å². The van der Waals surface area contributed by atoms with Crippen LogP contribution in [0.1, 0.15) is 26.2 Å². The second-order valence-electron chi connectivity index (χ2n) is 4.27. The summed E-state index contributed by atoms with van der Waals surface area (Å²) in [5, 5.41) is 0.188. The Kier molecular flexibility index (Phi) is 6.76. The molecule has 1 aromatic carbocycles. The number of nitrogens with one attached hydrogen (secondary N) is 1. The number of sulfonamides is 1. The van der Waals surface area contributed by atoms with E-state index < -0.39 is 10.0 Å². The van der Waals surface area contributed by atoms with Gasteiger partial charge < -0.3 is 5.73 Å². The Morgan fingerprint density at radius 1 is 1.47 bits per heavy atom. The molecule has 0 fully saturated rings. The van der Waals surface area contributed by atoms with E-state index in [9.17, 15) is 8.42 Å². The number of halogens is 2. The topological polar surface area (TPSA) is 72.2 Å². The van der Waals surface area contributed by atoms with E-state index in [0.717, 1.165) is 23.7 Å². The summed E-state index contributed by atoms with van der Waals surface area (Å²) in [4.78, 5) is 0.0762. The Labute approximate surface area is 127 Å². The molecule has 0 aliphatic rings. The van der Waals surface area contributed by atoms with E-state index in [2.05, 4.69) is 20.7 Å². The highest BCUT2D eigenvalue weighted by atomic mass is 79.9. The Bertz CT molecular complexity index is 522. The Hall–Kier alpha value is -0.140. The van der Waals surface area contributed by atoms with E-state index in [4.69, 9.17) is 17.3 Å². The van der Waals surface area contributed by atoms with Crippen molar-refractivity contribution in [3.05, 3.63) is 27.7 Å². The number of benzene rings is 1. The van der Waals surface area contributed by atoms with Crippen molar-refractivity contribution in [3.8, 4) is 0 Å². The maximum atomic E-state index is 12.2. The summed E-state index contributed by atoms with van der Waals surface area (Å²) in [6, 6.07) is 4.41. The molecule has 0 heterocycles. The van der Waals surface area contributed by atoms with E-state index in [1.54, 1.807) is 12.1 Å². The minimum atomic E-state index is -3.63. The highest BCUT2D eigenvalue weighted by Crippen LogP contribution is 2.25. The lowest BCUT2D eigenvalue weighted by molar-refractivity contribution is 0.516. The van der Waals surface area contributed by atoms with Crippen molar-refractivity contribution >= 4 is 37.6 Å². The van der Waals surface area contributed by atoms with Crippen molar-refractivity contribution in [1.82, 2.24) is 4.72 Å². The summed E-state index contributed by atoms with van der Waals surface area (Å²) in [6.07, 6.45) is 2.65.